The molecule has 0 aromatic heterocycles. The number of piperidine rings is 1. The van der Waals surface area contributed by atoms with Gasteiger partial charge in [-0.15, -0.1) is 5.48 Å². The van der Waals surface area contributed by atoms with Gasteiger partial charge in [-0.2, -0.15) is 0 Å². The van der Waals surface area contributed by atoms with Crippen LogP contribution in [0.4, 0.5) is 0 Å². The van der Waals surface area contributed by atoms with Crippen molar-refractivity contribution in [2.24, 2.45) is 5.16 Å². The zero-order valence-electron chi connectivity index (χ0n) is 24.4. The smallest absolute Gasteiger partial charge is 0.224 e. The predicted octanol–water partition coefficient (Wildman–Crippen LogP) is 5.01. The molecule has 0 bridgehead atoms. The van der Waals surface area contributed by atoms with Gasteiger partial charge in [-0.1, -0.05) is 65.8 Å². The van der Waals surface area contributed by atoms with Gasteiger partial charge in [-0.3, -0.25) is 9.73 Å². The molecule has 8 heteroatoms. The standard InChI is InChI=1S/C33H43N5O2S/c1-34-40-36-29-12-14-30(15-13-29)41-37(2)25-33(19-16-27-10-6-7-11-31(27)33)20-23-38-21-17-28(18-22-38)35-32(39)24-26-8-4-3-5-9-26/h3-12,14-15,28,34H,13,16-25H2,1-2H3,(H,35,39)/b36-29-. The maximum absolute atomic E-state index is 12.6. The maximum Gasteiger partial charge on any atom is 0.224 e. The molecule has 0 spiro atoms. The molecule has 1 atom stereocenters. The highest BCUT2D eigenvalue weighted by atomic mass is 32.2. The second-order valence-corrected chi connectivity index (χ2v) is 12.7. The first-order valence-electron chi connectivity index (χ1n) is 14.8. The van der Waals surface area contributed by atoms with Gasteiger partial charge in [0.15, 0.2) is 0 Å². The summed E-state index contributed by atoms with van der Waals surface area (Å²) in [6.45, 7) is 4.18. The molecule has 3 aliphatic rings. The second kappa shape index (κ2) is 14.3. The molecular formula is C33H43N5O2S. The summed E-state index contributed by atoms with van der Waals surface area (Å²) in [5.41, 5.74) is 7.75. The van der Waals surface area contributed by atoms with Crippen LogP contribution in [0.5, 0.6) is 0 Å². The number of rotatable bonds is 12. The fourth-order valence-corrected chi connectivity index (χ4v) is 7.36. The summed E-state index contributed by atoms with van der Waals surface area (Å²) in [7, 11) is 3.93. The van der Waals surface area contributed by atoms with E-state index in [0.29, 0.717) is 6.42 Å². The number of oxime groups is 1. The summed E-state index contributed by atoms with van der Waals surface area (Å²) >= 11 is 1.82. The first kappa shape index (κ1) is 29.6. The third-order valence-corrected chi connectivity index (χ3v) is 9.48. The Hall–Kier alpha value is -2.91. The molecule has 1 amide bonds. The van der Waals surface area contributed by atoms with Crippen LogP contribution in [0.1, 0.15) is 48.8 Å². The van der Waals surface area contributed by atoms with Crippen LogP contribution in [0, 0.1) is 0 Å². The van der Waals surface area contributed by atoms with Gasteiger partial charge in [-0.25, -0.2) is 4.31 Å². The first-order valence-corrected chi connectivity index (χ1v) is 15.6. The van der Waals surface area contributed by atoms with E-state index in [1.807, 2.05) is 48.4 Å². The number of nitrogens with zero attached hydrogens (tertiary/aromatic N) is 3. The van der Waals surface area contributed by atoms with Gasteiger partial charge in [0, 0.05) is 49.5 Å². The van der Waals surface area contributed by atoms with E-state index in [4.69, 9.17) is 4.94 Å². The van der Waals surface area contributed by atoms with Crippen molar-refractivity contribution >= 4 is 23.6 Å². The molecule has 2 aromatic rings. The number of nitrogens with one attached hydrogen (secondary N) is 2. The Balaban J connectivity index is 1.14. The van der Waals surface area contributed by atoms with Crippen molar-refractivity contribution in [3.05, 3.63) is 94.4 Å². The second-order valence-electron chi connectivity index (χ2n) is 11.4. The van der Waals surface area contributed by atoms with E-state index in [0.717, 1.165) is 69.6 Å². The summed E-state index contributed by atoms with van der Waals surface area (Å²) < 4.78 is 2.42. The Kier molecular flexibility index (Phi) is 10.3. The number of aryl methyl sites for hydroxylation is 1. The number of fused-ring (bicyclic) bond motifs is 1. The fourth-order valence-electron chi connectivity index (χ4n) is 6.40. The van der Waals surface area contributed by atoms with Crippen LogP contribution in [0.3, 0.4) is 0 Å². The van der Waals surface area contributed by atoms with E-state index < -0.39 is 0 Å². The molecule has 1 unspecified atom stereocenters. The number of likely N-dealkylation sites (tertiary alicyclic amines) is 1. The van der Waals surface area contributed by atoms with Gasteiger partial charge in [0.1, 0.15) is 0 Å². The number of hydrogen-bond donors (Lipinski definition) is 2. The summed E-state index contributed by atoms with van der Waals surface area (Å²) in [5.74, 6) is 0.134. The molecule has 1 fully saturated rings. The summed E-state index contributed by atoms with van der Waals surface area (Å²) in [4.78, 5) is 21.4. The Labute approximate surface area is 249 Å². The number of allylic oxidation sites excluding steroid dienone is 3. The van der Waals surface area contributed by atoms with Gasteiger partial charge in [0.2, 0.25) is 5.91 Å². The van der Waals surface area contributed by atoms with Crippen molar-refractivity contribution < 1.29 is 9.73 Å². The number of hydroxylamine groups is 1. The normalized spacial score (nSPS) is 22.1. The molecule has 1 saturated heterocycles. The zero-order valence-corrected chi connectivity index (χ0v) is 25.2. The van der Waals surface area contributed by atoms with E-state index >= 15 is 0 Å². The average Bonchev–Trinajstić information content (AvgIpc) is 3.35. The van der Waals surface area contributed by atoms with Gasteiger partial charge < -0.3 is 10.2 Å². The lowest BCUT2D eigenvalue weighted by atomic mass is 9.78. The molecule has 2 N–H and O–H groups in total. The summed E-state index contributed by atoms with van der Waals surface area (Å²) in [6.07, 6.45) is 13.1. The van der Waals surface area contributed by atoms with Crippen LogP contribution in [0.2, 0.25) is 0 Å². The third-order valence-electron chi connectivity index (χ3n) is 8.52. The lowest BCUT2D eigenvalue weighted by molar-refractivity contribution is -0.121. The molecule has 2 aliphatic carbocycles. The van der Waals surface area contributed by atoms with Crippen LogP contribution < -0.4 is 10.8 Å². The Bertz CT molecular complexity index is 1260. The summed E-state index contributed by atoms with van der Waals surface area (Å²) in [5, 5.41) is 7.34. The molecule has 41 heavy (non-hydrogen) atoms. The first-order chi connectivity index (χ1) is 20.0. The van der Waals surface area contributed by atoms with Crippen LogP contribution in [-0.2, 0) is 28.0 Å². The lowest BCUT2D eigenvalue weighted by Gasteiger charge is -2.38. The van der Waals surface area contributed by atoms with Crippen LogP contribution in [0.25, 0.3) is 0 Å². The molecule has 218 valence electrons. The van der Waals surface area contributed by atoms with Gasteiger partial charge >= 0.3 is 0 Å². The highest BCUT2D eigenvalue weighted by molar-refractivity contribution is 8.01. The van der Waals surface area contributed by atoms with E-state index in [1.165, 1.54) is 22.5 Å². The lowest BCUT2D eigenvalue weighted by Crippen LogP contribution is -2.46. The summed E-state index contributed by atoms with van der Waals surface area (Å²) in [6, 6.07) is 19.3. The SMILES string of the molecule is CNO/N=C1/C=CC(SN(C)CC2(CCN3CCC(NC(=O)Cc4ccccc4)CC3)CCc3ccccc32)=CC1. The van der Waals surface area contributed by atoms with Crippen LogP contribution in [-0.4, -0.2) is 67.1 Å². The van der Waals surface area contributed by atoms with Crippen molar-refractivity contribution in [1.82, 2.24) is 20.0 Å². The number of carbonyl (C=O) groups excluding carboxylic acids is 1. The van der Waals surface area contributed by atoms with Gasteiger partial charge in [0.25, 0.3) is 0 Å². The van der Waals surface area contributed by atoms with Crippen molar-refractivity contribution in [3.8, 4) is 0 Å². The van der Waals surface area contributed by atoms with Gasteiger partial charge in [0.05, 0.1) is 12.1 Å². The maximum atomic E-state index is 12.6. The number of likely N-dealkylation sites (N-methyl/N-ethyl adjacent to an activating group) is 1. The molecule has 7 nitrogen and oxygen atoms in total. The van der Waals surface area contributed by atoms with Crippen molar-refractivity contribution in [3.63, 3.8) is 0 Å². The highest BCUT2D eigenvalue weighted by Crippen LogP contribution is 2.43. The van der Waals surface area contributed by atoms with E-state index in [1.54, 1.807) is 7.05 Å². The number of benzene rings is 2. The number of hydrogen-bond acceptors (Lipinski definition) is 7. The Morgan fingerprint density at radius 2 is 1.90 bits per heavy atom. The molecule has 1 heterocycles. The predicted molar refractivity (Wildman–Crippen MR) is 168 cm³/mol. The largest absolute Gasteiger partial charge is 0.353 e. The number of amides is 1. The zero-order chi connectivity index (χ0) is 28.5. The van der Waals surface area contributed by atoms with E-state index in [2.05, 4.69) is 68.6 Å². The third kappa shape index (κ3) is 8.10. The molecule has 2 aromatic carbocycles. The minimum atomic E-state index is 0.134. The van der Waals surface area contributed by atoms with Crippen LogP contribution in [0.15, 0.2) is 82.9 Å². The Morgan fingerprint density at radius 1 is 1.12 bits per heavy atom. The van der Waals surface area contributed by atoms with E-state index in [-0.39, 0.29) is 17.4 Å². The highest BCUT2D eigenvalue weighted by Gasteiger charge is 2.40. The molecular weight excluding hydrogens is 530 g/mol. The minimum absolute atomic E-state index is 0.134. The van der Waals surface area contributed by atoms with Gasteiger partial charge in [-0.05, 0) is 86.5 Å². The van der Waals surface area contributed by atoms with Crippen molar-refractivity contribution in [2.75, 3.05) is 40.3 Å². The molecule has 1 aliphatic heterocycles. The fraction of sp³-hybridized carbons (Fsp3) is 0.455. The molecule has 0 saturated carbocycles. The Morgan fingerprint density at radius 3 is 2.66 bits per heavy atom. The minimum Gasteiger partial charge on any atom is -0.353 e. The molecule has 0 radical (unpaired) electrons. The van der Waals surface area contributed by atoms with Crippen molar-refractivity contribution in [1.29, 1.82) is 0 Å². The van der Waals surface area contributed by atoms with Crippen LogP contribution >= 0.6 is 11.9 Å². The average molecular weight is 574 g/mol. The quantitative estimate of drug-likeness (QED) is 0.275. The monoisotopic (exact) mass is 573 g/mol. The topological polar surface area (TPSA) is 69.2 Å². The molecule has 5 rings (SSSR count). The van der Waals surface area contributed by atoms with Crippen molar-refractivity contribution in [2.45, 2.75) is 56.4 Å². The number of carbonyl (C=O) groups is 1. The van der Waals surface area contributed by atoms with E-state index in [9.17, 15) is 4.79 Å².